The molecule has 8 heavy (non-hydrogen) atoms. The highest BCUT2D eigenvalue weighted by Gasteiger charge is 2.17. The zero-order valence-corrected chi connectivity index (χ0v) is 6.15. The first-order valence-corrected chi connectivity index (χ1v) is 2.91. The van der Waals surface area contributed by atoms with Crippen LogP contribution in [0.4, 0.5) is 0 Å². The van der Waals surface area contributed by atoms with E-state index in [0.717, 1.165) is 0 Å². The summed E-state index contributed by atoms with van der Waals surface area (Å²) < 4.78 is 0. The third kappa shape index (κ3) is 2.28. The molecule has 0 heterocycles. The van der Waals surface area contributed by atoms with Crippen molar-refractivity contribution in [2.45, 2.75) is 26.9 Å². The van der Waals surface area contributed by atoms with Gasteiger partial charge >= 0.3 is 0 Å². The topological polar surface area (TPSA) is 38.0 Å². The zero-order valence-electron chi connectivity index (χ0n) is 6.15. The molecule has 0 aliphatic heterocycles. The molecule has 0 aromatic heterocycles. The lowest BCUT2D eigenvalue weighted by molar-refractivity contribution is 0.288. The molecule has 0 amide bonds. The van der Waals surface area contributed by atoms with Crippen LogP contribution in [-0.2, 0) is 0 Å². The first kappa shape index (κ1) is 7.92. The molecule has 0 spiro atoms. The van der Waals surface area contributed by atoms with E-state index in [1.54, 1.807) is 0 Å². The molecule has 2 nitrogen and oxygen atoms in total. The van der Waals surface area contributed by atoms with Crippen LogP contribution < -0.4 is 11.1 Å². The molecule has 50 valence electrons. The molecule has 0 aliphatic carbocycles. The van der Waals surface area contributed by atoms with Crippen LogP contribution in [0.2, 0.25) is 0 Å². The van der Waals surface area contributed by atoms with Gasteiger partial charge in [0.15, 0.2) is 0 Å². The minimum Gasteiger partial charge on any atom is -0.315 e. The van der Waals surface area contributed by atoms with Crippen LogP contribution in [0.5, 0.6) is 0 Å². The molecule has 0 rings (SSSR count). The largest absolute Gasteiger partial charge is 0.315 e. The molecule has 0 radical (unpaired) electrons. The third-order valence-corrected chi connectivity index (χ3v) is 1.24. The molecular formula is C6H16N2. The molecule has 0 aliphatic rings. The van der Waals surface area contributed by atoms with Crippen molar-refractivity contribution >= 4 is 0 Å². The Bertz CT molecular complexity index is 63.4. The summed E-state index contributed by atoms with van der Waals surface area (Å²) in [5.74, 6) is 0. The summed E-state index contributed by atoms with van der Waals surface area (Å²) in [6.45, 7) is 6.32. The lowest BCUT2D eigenvalue weighted by Gasteiger charge is -2.25. The SMILES string of the molecule is CNC(N)C(C)(C)C. The molecule has 0 fully saturated rings. The van der Waals surface area contributed by atoms with E-state index in [0.29, 0.717) is 0 Å². The van der Waals surface area contributed by atoms with Crippen LogP contribution >= 0.6 is 0 Å². The molecule has 1 atom stereocenters. The van der Waals surface area contributed by atoms with E-state index in [-0.39, 0.29) is 11.6 Å². The van der Waals surface area contributed by atoms with E-state index < -0.39 is 0 Å². The van der Waals surface area contributed by atoms with Crippen LogP contribution in [0.3, 0.4) is 0 Å². The summed E-state index contributed by atoms with van der Waals surface area (Å²) in [5, 5.41) is 2.98. The van der Waals surface area contributed by atoms with Gasteiger partial charge in [-0.1, -0.05) is 20.8 Å². The number of nitrogens with one attached hydrogen (secondary N) is 1. The van der Waals surface area contributed by atoms with Crippen molar-refractivity contribution in [3.63, 3.8) is 0 Å². The highest BCUT2D eigenvalue weighted by Crippen LogP contribution is 2.13. The summed E-state index contributed by atoms with van der Waals surface area (Å²) in [4.78, 5) is 0. The minimum absolute atomic E-state index is 0.0995. The van der Waals surface area contributed by atoms with Gasteiger partial charge in [0.25, 0.3) is 0 Å². The number of hydrogen-bond acceptors (Lipinski definition) is 2. The average molecular weight is 116 g/mol. The van der Waals surface area contributed by atoms with Crippen LogP contribution in [0.1, 0.15) is 20.8 Å². The smallest absolute Gasteiger partial charge is 0.0593 e. The Hall–Kier alpha value is -0.0800. The summed E-state index contributed by atoms with van der Waals surface area (Å²) >= 11 is 0. The van der Waals surface area contributed by atoms with E-state index in [1.165, 1.54) is 0 Å². The summed E-state index contributed by atoms with van der Waals surface area (Å²) in [7, 11) is 1.87. The molecule has 0 aromatic rings. The maximum absolute atomic E-state index is 5.64. The fraction of sp³-hybridized carbons (Fsp3) is 1.00. The number of rotatable bonds is 1. The highest BCUT2D eigenvalue weighted by molar-refractivity contribution is 4.72. The predicted octanol–water partition coefficient (Wildman–Crippen LogP) is 0.537. The maximum Gasteiger partial charge on any atom is 0.0593 e. The average Bonchev–Trinajstić information content (AvgIpc) is 1.62. The van der Waals surface area contributed by atoms with E-state index in [1.807, 2.05) is 7.05 Å². The standard InChI is InChI=1S/C6H16N2/c1-6(2,3)5(7)8-4/h5,8H,7H2,1-4H3. The van der Waals surface area contributed by atoms with Crippen molar-refractivity contribution in [3.05, 3.63) is 0 Å². The summed E-state index contributed by atoms with van der Waals surface area (Å²) in [6.07, 6.45) is 0.0995. The Kier molecular flexibility index (Phi) is 2.44. The van der Waals surface area contributed by atoms with Gasteiger partial charge in [-0.15, -0.1) is 0 Å². The van der Waals surface area contributed by atoms with Gasteiger partial charge in [0.2, 0.25) is 0 Å². The Labute approximate surface area is 51.5 Å². The van der Waals surface area contributed by atoms with Gasteiger partial charge < -0.3 is 11.1 Å². The molecule has 0 aromatic carbocycles. The van der Waals surface area contributed by atoms with Crippen LogP contribution in [0.15, 0.2) is 0 Å². The van der Waals surface area contributed by atoms with Gasteiger partial charge in [0.05, 0.1) is 6.17 Å². The summed E-state index contributed by atoms with van der Waals surface area (Å²) in [6, 6.07) is 0. The lowest BCUT2D eigenvalue weighted by Crippen LogP contribution is -2.45. The van der Waals surface area contributed by atoms with E-state index in [9.17, 15) is 0 Å². The Morgan fingerprint density at radius 2 is 1.75 bits per heavy atom. The third-order valence-electron chi connectivity index (χ3n) is 1.24. The summed E-state index contributed by atoms with van der Waals surface area (Å²) in [5.41, 5.74) is 5.81. The van der Waals surface area contributed by atoms with E-state index in [4.69, 9.17) is 5.73 Å². The highest BCUT2D eigenvalue weighted by atomic mass is 15.0. The fourth-order valence-corrected chi connectivity index (χ4v) is 0.433. The number of nitrogens with two attached hydrogens (primary N) is 1. The van der Waals surface area contributed by atoms with Crippen molar-refractivity contribution in [1.82, 2.24) is 5.32 Å². The van der Waals surface area contributed by atoms with Gasteiger partial charge in [-0.05, 0) is 12.5 Å². The monoisotopic (exact) mass is 116 g/mol. The van der Waals surface area contributed by atoms with Gasteiger partial charge in [0.1, 0.15) is 0 Å². The first-order chi connectivity index (χ1) is 3.48. The second kappa shape index (κ2) is 2.46. The molecule has 0 bridgehead atoms. The number of hydrogen-bond donors (Lipinski definition) is 2. The van der Waals surface area contributed by atoms with Crippen LogP contribution in [0, 0.1) is 5.41 Å². The van der Waals surface area contributed by atoms with Crippen molar-refractivity contribution < 1.29 is 0 Å². The Morgan fingerprint density at radius 3 is 1.75 bits per heavy atom. The molecule has 2 heteroatoms. The minimum atomic E-state index is 0.0995. The van der Waals surface area contributed by atoms with Gasteiger partial charge in [-0.3, -0.25) is 0 Å². The molecule has 0 saturated carbocycles. The predicted molar refractivity (Wildman–Crippen MR) is 36.5 cm³/mol. The van der Waals surface area contributed by atoms with E-state index >= 15 is 0 Å². The zero-order chi connectivity index (χ0) is 6.78. The van der Waals surface area contributed by atoms with E-state index in [2.05, 4.69) is 26.1 Å². The maximum atomic E-state index is 5.64. The fourth-order valence-electron chi connectivity index (χ4n) is 0.433. The molecule has 1 unspecified atom stereocenters. The van der Waals surface area contributed by atoms with Crippen LogP contribution in [0.25, 0.3) is 0 Å². The molecule has 0 saturated heterocycles. The second-order valence-corrected chi connectivity index (χ2v) is 3.13. The lowest BCUT2D eigenvalue weighted by atomic mass is 9.93. The molecular weight excluding hydrogens is 100 g/mol. The quantitative estimate of drug-likeness (QED) is 0.491. The van der Waals surface area contributed by atoms with Crippen LogP contribution in [-0.4, -0.2) is 13.2 Å². The Morgan fingerprint density at radius 1 is 1.38 bits per heavy atom. The van der Waals surface area contributed by atoms with Gasteiger partial charge in [0, 0.05) is 0 Å². The van der Waals surface area contributed by atoms with Crippen molar-refractivity contribution in [1.29, 1.82) is 0 Å². The van der Waals surface area contributed by atoms with Crippen molar-refractivity contribution in [2.75, 3.05) is 7.05 Å². The molecule has 3 N–H and O–H groups in total. The Balaban J connectivity index is 3.62. The van der Waals surface area contributed by atoms with Gasteiger partial charge in [-0.25, -0.2) is 0 Å². The second-order valence-electron chi connectivity index (χ2n) is 3.13. The van der Waals surface area contributed by atoms with Crippen molar-refractivity contribution in [3.8, 4) is 0 Å². The normalized spacial score (nSPS) is 16.1. The van der Waals surface area contributed by atoms with Gasteiger partial charge in [-0.2, -0.15) is 0 Å². The first-order valence-electron chi connectivity index (χ1n) is 2.91. The van der Waals surface area contributed by atoms with Crippen molar-refractivity contribution in [2.24, 2.45) is 11.1 Å².